The van der Waals surface area contributed by atoms with E-state index in [1.54, 1.807) is 0 Å². The smallest absolute Gasteiger partial charge is 0.249 e. The summed E-state index contributed by atoms with van der Waals surface area (Å²) in [5.41, 5.74) is 4.24. The number of rotatable bonds is 9. The van der Waals surface area contributed by atoms with Gasteiger partial charge in [0.05, 0.1) is 12.8 Å². The molecule has 0 aliphatic carbocycles. The fraction of sp³-hybridized carbons (Fsp3) is 0.250. The Kier molecular flexibility index (Phi) is 7.86. The predicted molar refractivity (Wildman–Crippen MR) is 101 cm³/mol. The Balaban J connectivity index is 1.72. The van der Waals surface area contributed by atoms with Crippen LogP contribution in [0.4, 0.5) is 0 Å². The lowest BCUT2D eigenvalue weighted by Gasteiger charge is -2.06. The standard InChI is InChI=1S/C20H23N3O3/c1-2-26-18-11-7-6-10-17(18)15-22-23-20(25)14-19(24)21-13-12-16-8-4-3-5-9-16/h3-11,15H,2,12-14H2,1H3,(H,21,24)(H,23,25)/b22-15-. The number of hydrazone groups is 1. The number of carbonyl (C=O) groups is 2. The molecule has 0 atom stereocenters. The first kappa shape index (κ1) is 19.2. The Labute approximate surface area is 153 Å². The molecular weight excluding hydrogens is 330 g/mol. The average molecular weight is 353 g/mol. The van der Waals surface area contributed by atoms with Crippen molar-refractivity contribution in [1.82, 2.24) is 10.7 Å². The first-order chi connectivity index (χ1) is 12.7. The van der Waals surface area contributed by atoms with Crippen LogP contribution in [0, 0.1) is 0 Å². The predicted octanol–water partition coefficient (Wildman–Crippen LogP) is 2.28. The molecule has 0 saturated carbocycles. The summed E-state index contributed by atoms with van der Waals surface area (Å²) < 4.78 is 5.47. The monoisotopic (exact) mass is 353 g/mol. The molecule has 0 unspecified atom stereocenters. The van der Waals surface area contributed by atoms with E-state index >= 15 is 0 Å². The van der Waals surface area contributed by atoms with Gasteiger partial charge in [-0.1, -0.05) is 42.5 Å². The van der Waals surface area contributed by atoms with E-state index in [4.69, 9.17) is 4.74 Å². The molecule has 6 nitrogen and oxygen atoms in total. The average Bonchev–Trinajstić information content (AvgIpc) is 2.64. The molecule has 2 N–H and O–H groups in total. The molecule has 0 aliphatic heterocycles. The number of para-hydroxylation sites is 1. The Morgan fingerprint density at radius 2 is 1.77 bits per heavy atom. The lowest BCUT2D eigenvalue weighted by molar-refractivity contribution is -0.129. The maximum atomic E-state index is 11.8. The molecule has 0 heterocycles. The van der Waals surface area contributed by atoms with E-state index in [-0.39, 0.29) is 12.3 Å². The van der Waals surface area contributed by atoms with Crippen LogP contribution in [0.3, 0.4) is 0 Å². The minimum absolute atomic E-state index is 0.265. The van der Waals surface area contributed by atoms with Gasteiger partial charge in [-0.25, -0.2) is 5.43 Å². The van der Waals surface area contributed by atoms with Crippen molar-refractivity contribution in [3.8, 4) is 5.75 Å². The van der Waals surface area contributed by atoms with Crippen molar-refractivity contribution in [2.75, 3.05) is 13.2 Å². The summed E-state index contributed by atoms with van der Waals surface area (Å²) in [4.78, 5) is 23.5. The van der Waals surface area contributed by atoms with Crippen LogP contribution in [0.15, 0.2) is 59.7 Å². The minimum atomic E-state index is -0.465. The van der Waals surface area contributed by atoms with Crippen molar-refractivity contribution in [3.63, 3.8) is 0 Å². The molecule has 2 aromatic carbocycles. The summed E-state index contributed by atoms with van der Waals surface area (Å²) in [7, 11) is 0. The van der Waals surface area contributed by atoms with Gasteiger partial charge in [0.25, 0.3) is 0 Å². The van der Waals surface area contributed by atoms with Crippen molar-refractivity contribution in [1.29, 1.82) is 0 Å². The number of ether oxygens (including phenoxy) is 1. The van der Waals surface area contributed by atoms with E-state index in [0.717, 1.165) is 17.5 Å². The highest BCUT2D eigenvalue weighted by molar-refractivity contribution is 5.97. The molecule has 0 spiro atoms. The summed E-state index contributed by atoms with van der Waals surface area (Å²) in [5.74, 6) is -0.109. The second-order valence-electron chi connectivity index (χ2n) is 5.53. The zero-order valence-electron chi connectivity index (χ0n) is 14.8. The van der Waals surface area contributed by atoms with Crippen LogP contribution in [-0.2, 0) is 16.0 Å². The third-order valence-electron chi connectivity index (χ3n) is 3.51. The highest BCUT2D eigenvalue weighted by Crippen LogP contribution is 2.15. The van der Waals surface area contributed by atoms with Gasteiger partial charge >= 0.3 is 0 Å². The van der Waals surface area contributed by atoms with E-state index < -0.39 is 5.91 Å². The molecule has 2 amide bonds. The van der Waals surface area contributed by atoms with Crippen molar-refractivity contribution < 1.29 is 14.3 Å². The van der Waals surface area contributed by atoms with E-state index in [0.29, 0.717) is 18.9 Å². The summed E-state index contributed by atoms with van der Waals surface area (Å²) in [6.07, 6.45) is 1.95. The molecule has 0 fully saturated rings. The molecule has 0 aromatic heterocycles. The van der Waals surface area contributed by atoms with Gasteiger partial charge in [-0.2, -0.15) is 5.10 Å². The van der Waals surface area contributed by atoms with Gasteiger partial charge in [0.15, 0.2) is 0 Å². The van der Waals surface area contributed by atoms with Gasteiger partial charge in [-0.05, 0) is 31.0 Å². The summed E-state index contributed by atoms with van der Waals surface area (Å²) >= 11 is 0. The van der Waals surface area contributed by atoms with Crippen LogP contribution < -0.4 is 15.5 Å². The first-order valence-corrected chi connectivity index (χ1v) is 8.53. The third kappa shape index (κ3) is 6.76. The zero-order chi connectivity index (χ0) is 18.6. The SMILES string of the molecule is CCOc1ccccc1/C=N\NC(=O)CC(=O)NCCc1ccccc1. The van der Waals surface area contributed by atoms with Crippen LogP contribution >= 0.6 is 0 Å². The number of nitrogens with one attached hydrogen (secondary N) is 2. The number of hydrogen-bond acceptors (Lipinski definition) is 4. The molecule has 2 rings (SSSR count). The van der Waals surface area contributed by atoms with Gasteiger partial charge in [-0.3, -0.25) is 9.59 Å². The number of carbonyl (C=O) groups excluding carboxylic acids is 2. The largest absolute Gasteiger partial charge is 0.493 e. The van der Waals surface area contributed by atoms with Crippen LogP contribution in [-0.4, -0.2) is 31.2 Å². The highest BCUT2D eigenvalue weighted by atomic mass is 16.5. The van der Waals surface area contributed by atoms with Gasteiger partial charge in [0.1, 0.15) is 12.2 Å². The molecule has 0 radical (unpaired) electrons. The third-order valence-corrected chi connectivity index (χ3v) is 3.51. The fourth-order valence-corrected chi connectivity index (χ4v) is 2.29. The van der Waals surface area contributed by atoms with Gasteiger partial charge in [-0.15, -0.1) is 0 Å². The van der Waals surface area contributed by atoms with Gasteiger partial charge in [0, 0.05) is 12.1 Å². The summed E-state index contributed by atoms with van der Waals surface area (Å²) in [6, 6.07) is 17.2. The van der Waals surface area contributed by atoms with Gasteiger partial charge in [0.2, 0.25) is 11.8 Å². The Morgan fingerprint density at radius 1 is 1.04 bits per heavy atom. The minimum Gasteiger partial charge on any atom is -0.493 e. The Bertz CT molecular complexity index is 745. The van der Waals surface area contributed by atoms with Crippen LogP contribution in [0.2, 0.25) is 0 Å². The molecular formula is C20H23N3O3. The highest BCUT2D eigenvalue weighted by Gasteiger charge is 2.08. The number of hydrogen-bond donors (Lipinski definition) is 2. The molecule has 0 bridgehead atoms. The first-order valence-electron chi connectivity index (χ1n) is 8.53. The van der Waals surface area contributed by atoms with Crippen molar-refractivity contribution in [2.24, 2.45) is 5.10 Å². The molecule has 0 saturated heterocycles. The number of nitrogens with zero attached hydrogens (tertiary/aromatic N) is 1. The van der Waals surface area contributed by atoms with Crippen molar-refractivity contribution >= 4 is 18.0 Å². The number of amides is 2. The maximum Gasteiger partial charge on any atom is 0.249 e. The molecule has 6 heteroatoms. The zero-order valence-corrected chi connectivity index (χ0v) is 14.8. The Hall–Kier alpha value is -3.15. The molecule has 2 aromatic rings. The molecule has 136 valence electrons. The number of benzene rings is 2. The molecule has 26 heavy (non-hydrogen) atoms. The maximum absolute atomic E-state index is 11.8. The Morgan fingerprint density at radius 3 is 2.54 bits per heavy atom. The van der Waals surface area contributed by atoms with E-state index in [9.17, 15) is 9.59 Å². The normalized spacial score (nSPS) is 10.5. The van der Waals surface area contributed by atoms with Crippen molar-refractivity contribution in [3.05, 3.63) is 65.7 Å². The van der Waals surface area contributed by atoms with E-state index in [2.05, 4.69) is 15.8 Å². The van der Waals surface area contributed by atoms with E-state index in [1.165, 1.54) is 6.21 Å². The quantitative estimate of drug-likeness (QED) is 0.412. The second-order valence-corrected chi connectivity index (χ2v) is 5.53. The lowest BCUT2D eigenvalue weighted by Crippen LogP contribution is -2.31. The second kappa shape index (κ2) is 10.7. The van der Waals surface area contributed by atoms with Crippen LogP contribution in [0.1, 0.15) is 24.5 Å². The van der Waals surface area contributed by atoms with Crippen LogP contribution in [0.5, 0.6) is 5.75 Å². The van der Waals surface area contributed by atoms with E-state index in [1.807, 2.05) is 61.5 Å². The summed E-state index contributed by atoms with van der Waals surface area (Å²) in [5, 5.41) is 6.61. The van der Waals surface area contributed by atoms with Crippen molar-refractivity contribution in [2.45, 2.75) is 19.8 Å². The van der Waals surface area contributed by atoms with Crippen LogP contribution in [0.25, 0.3) is 0 Å². The lowest BCUT2D eigenvalue weighted by atomic mass is 10.1. The summed E-state index contributed by atoms with van der Waals surface area (Å²) in [6.45, 7) is 2.92. The topological polar surface area (TPSA) is 79.8 Å². The fourth-order valence-electron chi connectivity index (χ4n) is 2.29. The van der Waals surface area contributed by atoms with Gasteiger partial charge < -0.3 is 10.1 Å². The molecule has 0 aliphatic rings.